The maximum Gasteiger partial charge on any atom is 0.264 e. The zero-order valence-electron chi connectivity index (χ0n) is 24.8. The van der Waals surface area contributed by atoms with Crippen LogP contribution < -0.4 is 9.62 Å². The van der Waals surface area contributed by atoms with Gasteiger partial charge in [0.1, 0.15) is 12.6 Å². The Balaban J connectivity index is 1.80. The summed E-state index contributed by atoms with van der Waals surface area (Å²) in [7, 11) is -4.16. The highest BCUT2D eigenvalue weighted by Gasteiger charge is 2.35. The maximum atomic E-state index is 14.4. The number of amides is 2. The zero-order chi connectivity index (χ0) is 31.9. The van der Waals surface area contributed by atoms with Gasteiger partial charge in [-0.3, -0.25) is 13.9 Å². The molecule has 0 unspecified atom stereocenters. The Morgan fingerprint density at radius 1 is 0.818 bits per heavy atom. The minimum atomic E-state index is -4.16. The van der Waals surface area contributed by atoms with E-state index in [9.17, 15) is 18.0 Å². The second-order valence-corrected chi connectivity index (χ2v) is 14.6. The van der Waals surface area contributed by atoms with E-state index in [-0.39, 0.29) is 23.8 Å². The first kappa shape index (κ1) is 33.2. The molecular weight excluding hydrogens is 662 g/mol. The molecule has 7 nitrogen and oxygen atoms in total. The molecule has 0 aromatic heterocycles. The Labute approximate surface area is 273 Å². The van der Waals surface area contributed by atoms with E-state index >= 15 is 0 Å². The number of anilines is 1. The summed E-state index contributed by atoms with van der Waals surface area (Å²) in [6.07, 6.45) is 0.228. The summed E-state index contributed by atoms with van der Waals surface area (Å²) in [5, 5.41) is 3.56. The number of rotatable bonds is 11. The largest absolute Gasteiger partial charge is 0.350 e. The Morgan fingerprint density at radius 2 is 1.39 bits per heavy atom. The van der Waals surface area contributed by atoms with Crippen LogP contribution in [0.15, 0.2) is 119 Å². The number of sulfonamides is 1. The molecule has 0 heterocycles. The van der Waals surface area contributed by atoms with Crippen LogP contribution in [0.3, 0.4) is 0 Å². The van der Waals surface area contributed by atoms with E-state index in [1.807, 2.05) is 51.1 Å². The minimum Gasteiger partial charge on any atom is -0.350 e. The van der Waals surface area contributed by atoms with Crippen molar-refractivity contribution in [1.82, 2.24) is 10.2 Å². The molecule has 0 aliphatic rings. The fourth-order valence-corrected chi connectivity index (χ4v) is 6.47. The summed E-state index contributed by atoms with van der Waals surface area (Å²) in [6.45, 7) is 5.15. The van der Waals surface area contributed by atoms with E-state index in [1.54, 1.807) is 66.7 Å². The van der Waals surface area contributed by atoms with Crippen molar-refractivity contribution in [3.05, 3.63) is 130 Å². The highest BCUT2D eigenvalue weighted by molar-refractivity contribution is 9.10. The van der Waals surface area contributed by atoms with Crippen molar-refractivity contribution in [2.45, 2.75) is 50.2 Å². The average Bonchev–Trinajstić information content (AvgIpc) is 2.99. The molecule has 0 fully saturated rings. The van der Waals surface area contributed by atoms with Crippen LogP contribution >= 0.6 is 27.5 Å². The summed E-state index contributed by atoms with van der Waals surface area (Å²) in [5.74, 6) is -0.878. The van der Waals surface area contributed by atoms with Gasteiger partial charge in [-0.2, -0.15) is 0 Å². The summed E-state index contributed by atoms with van der Waals surface area (Å²) >= 11 is 9.54. The molecule has 0 spiro atoms. The molecule has 4 rings (SSSR count). The van der Waals surface area contributed by atoms with E-state index in [0.717, 1.165) is 19.9 Å². The molecule has 230 valence electrons. The van der Waals surface area contributed by atoms with Crippen LogP contribution in [0.2, 0.25) is 5.02 Å². The van der Waals surface area contributed by atoms with Crippen molar-refractivity contribution in [3.8, 4) is 0 Å². The summed E-state index contributed by atoms with van der Waals surface area (Å²) in [4.78, 5) is 29.9. The lowest BCUT2D eigenvalue weighted by atomic mass is 10.0. The second kappa shape index (κ2) is 14.4. The van der Waals surface area contributed by atoms with Crippen molar-refractivity contribution >= 4 is 55.1 Å². The average molecular weight is 697 g/mol. The molecule has 0 saturated heterocycles. The molecular formula is C34H35BrClN3O4S. The van der Waals surface area contributed by atoms with Crippen LogP contribution in [0.4, 0.5) is 5.69 Å². The van der Waals surface area contributed by atoms with Crippen LogP contribution in [-0.4, -0.2) is 43.3 Å². The zero-order valence-corrected chi connectivity index (χ0v) is 27.9. The molecule has 1 atom stereocenters. The van der Waals surface area contributed by atoms with Gasteiger partial charge in [0, 0.05) is 28.0 Å². The molecule has 0 aliphatic carbocycles. The second-order valence-electron chi connectivity index (χ2n) is 11.4. The highest BCUT2D eigenvalue weighted by atomic mass is 79.9. The highest BCUT2D eigenvalue weighted by Crippen LogP contribution is 2.27. The van der Waals surface area contributed by atoms with Gasteiger partial charge in [0.15, 0.2) is 0 Å². The van der Waals surface area contributed by atoms with Crippen molar-refractivity contribution in [2.24, 2.45) is 0 Å². The third-order valence-electron chi connectivity index (χ3n) is 6.76. The number of hydrogen-bond donors (Lipinski definition) is 1. The van der Waals surface area contributed by atoms with Gasteiger partial charge in [-0.1, -0.05) is 88.2 Å². The topological polar surface area (TPSA) is 86.8 Å². The standard InChI is InChI=1S/C34H35BrClN3O4S/c1-34(2,3)37-33(41)31(22-25-10-6-4-7-11-25)38(23-26-14-18-28(36)19-15-26)32(40)24-39(29-20-16-27(35)17-21-29)44(42,43)30-12-8-5-9-13-30/h4-21,31H,22-24H2,1-3H3,(H,37,41)/t31-/m0/s1. The van der Waals surface area contributed by atoms with Crippen molar-refractivity contribution in [1.29, 1.82) is 0 Å². The monoisotopic (exact) mass is 695 g/mol. The van der Waals surface area contributed by atoms with Gasteiger partial charge in [-0.25, -0.2) is 8.42 Å². The first-order valence-electron chi connectivity index (χ1n) is 14.1. The molecule has 4 aromatic rings. The normalized spacial score (nSPS) is 12.3. The van der Waals surface area contributed by atoms with Crippen LogP contribution in [0.1, 0.15) is 31.9 Å². The van der Waals surface area contributed by atoms with Gasteiger partial charge in [-0.05, 0) is 80.4 Å². The van der Waals surface area contributed by atoms with Gasteiger partial charge in [0.05, 0.1) is 10.6 Å². The predicted octanol–water partition coefficient (Wildman–Crippen LogP) is 6.85. The lowest BCUT2D eigenvalue weighted by Gasteiger charge is -2.35. The molecule has 44 heavy (non-hydrogen) atoms. The summed E-state index contributed by atoms with van der Waals surface area (Å²) in [6, 6.07) is 30.2. The van der Waals surface area contributed by atoms with E-state index in [1.165, 1.54) is 17.0 Å². The van der Waals surface area contributed by atoms with Crippen LogP contribution in [0.5, 0.6) is 0 Å². The Morgan fingerprint density at radius 3 is 1.95 bits per heavy atom. The van der Waals surface area contributed by atoms with Crippen LogP contribution in [0.25, 0.3) is 0 Å². The molecule has 1 N–H and O–H groups in total. The van der Waals surface area contributed by atoms with E-state index < -0.39 is 34.1 Å². The lowest BCUT2D eigenvalue weighted by Crippen LogP contribution is -2.56. The van der Waals surface area contributed by atoms with E-state index in [0.29, 0.717) is 10.7 Å². The molecule has 4 aromatic carbocycles. The summed E-state index contributed by atoms with van der Waals surface area (Å²) < 4.78 is 29.9. The number of carbonyl (C=O) groups is 2. The Hall–Kier alpha value is -3.66. The van der Waals surface area contributed by atoms with Crippen molar-refractivity contribution < 1.29 is 18.0 Å². The molecule has 0 radical (unpaired) electrons. The van der Waals surface area contributed by atoms with E-state index in [2.05, 4.69) is 21.2 Å². The van der Waals surface area contributed by atoms with Crippen LogP contribution in [-0.2, 0) is 32.6 Å². The third-order valence-corrected chi connectivity index (χ3v) is 9.33. The Kier molecular flexibility index (Phi) is 10.9. The number of carbonyl (C=O) groups excluding carboxylic acids is 2. The van der Waals surface area contributed by atoms with Crippen LogP contribution in [0, 0.1) is 0 Å². The fourth-order valence-electron chi connectivity index (χ4n) is 4.65. The molecule has 0 bridgehead atoms. The first-order chi connectivity index (χ1) is 20.8. The number of halogens is 2. The predicted molar refractivity (Wildman–Crippen MR) is 179 cm³/mol. The van der Waals surface area contributed by atoms with E-state index in [4.69, 9.17) is 11.6 Å². The summed E-state index contributed by atoms with van der Waals surface area (Å²) in [5.41, 5.74) is 1.35. The quantitative estimate of drug-likeness (QED) is 0.186. The SMILES string of the molecule is CC(C)(C)NC(=O)[C@H](Cc1ccccc1)N(Cc1ccc(Cl)cc1)C(=O)CN(c1ccc(Br)cc1)S(=O)(=O)c1ccccc1. The van der Waals surface area contributed by atoms with Gasteiger partial charge in [-0.15, -0.1) is 0 Å². The van der Waals surface area contributed by atoms with Gasteiger partial charge < -0.3 is 10.2 Å². The molecule has 2 amide bonds. The molecule has 0 saturated carbocycles. The van der Waals surface area contributed by atoms with Crippen molar-refractivity contribution in [2.75, 3.05) is 10.8 Å². The number of nitrogens with one attached hydrogen (secondary N) is 1. The fraction of sp³-hybridized carbons (Fsp3) is 0.235. The van der Waals surface area contributed by atoms with Gasteiger partial charge in [0.25, 0.3) is 10.0 Å². The first-order valence-corrected chi connectivity index (χ1v) is 16.7. The smallest absolute Gasteiger partial charge is 0.264 e. The molecule has 0 aliphatic heterocycles. The number of hydrogen-bond acceptors (Lipinski definition) is 4. The minimum absolute atomic E-state index is 0.0475. The maximum absolute atomic E-state index is 14.4. The van der Waals surface area contributed by atoms with Gasteiger partial charge in [0.2, 0.25) is 11.8 Å². The Bertz CT molecular complexity index is 1660. The number of benzene rings is 4. The van der Waals surface area contributed by atoms with Crippen molar-refractivity contribution in [3.63, 3.8) is 0 Å². The number of nitrogens with zero attached hydrogens (tertiary/aromatic N) is 2. The third kappa shape index (κ3) is 8.94. The molecule has 10 heteroatoms. The van der Waals surface area contributed by atoms with Gasteiger partial charge >= 0.3 is 0 Å². The lowest BCUT2D eigenvalue weighted by molar-refractivity contribution is -0.140.